The van der Waals surface area contributed by atoms with Crippen LogP contribution in [0.3, 0.4) is 0 Å². The Hall–Kier alpha value is -13.6. The molecular weight excluding hydrogens is 1630 g/mol. The van der Waals surface area contributed by atoms with Gasteiger partial charge in [-0.15, -0.1) is 0 Å². The van der Waals surface area contributed by atoms with Crippen molar-refractivity contribution in [2.45, 2.75) is 216 Å². The molecule has 45 heteroatoms. The van der Waals surface area contributed by atoms with Crippen molar-refractivity contribution in [3.05, 3.63) is 106 Å². The maximum atomic E-state index is 15.0. The average molecular weight is 1740 g/mol. The van der Waals surface area contributed by atoms with Gasteiger partial charge in [-0.25, -0.2) is 4.79 Å². The van der Waals surface area contributed by atoms with Crippen LogP contribution in [0.4, 0.5) is 11.4 Å². The van der Waals surface area contributed by atoms with Crippen molar-refractivity contribution < 1.29 is 126 Å². The molecule has 13 atom stereocenters. The number of amides is 14. The number of aromatic amines is 1. The lowest BCUT2D eigenvalue weighted by atomic mass is 9.96. The average Bonchev–Trinajstić information content (AvgIpc) is 1.60. The first-order valence-electron chi connectivity index (χ1n) is 39.9. The number of nitrogen functional groups attached to an aromatic ring is 1. The van der Waals surface area contributed by atoms with E-state index < -0.39 is 267 Å². The van der Waals surface area contributed by atoms with Gasteiger partial charge in [-0.05, 0) is 81.3 Å². The van der Waals surface area contributed by atoms with Gasteiger partial charge < -0.3 is 121 Å². The fourth-order valence-electron chi connectivity index (χ4n) is 12.9. The van der Waals surface area contributed by atoms with Crippen molar-refractivity contribution in [3.8, 4) is 0 Å². The monoisotopic (exact) mass is 1740 g/mol. The number of nitro benzene ring substituents is 1. The first-order chi connectivity index (χ1) is 58.8. The number of carbonyl (C=O) groups is 19. The predicted octanol–water partition coefficient (Wildman–Crippen LogP) is -3.97. The smallest absolute Gasteiger partial charge is 0.329 e. The van der Waals surface area contributed by atoms with E-state index in [2.05, 4.69) is 70.4 Å². The van der Waals surface area contributed by atoms with Crippen LogP contribution in [0, 0.1) is 16.0 Å². The minimum absolute atomic E-state index is 0.000544. The third-order valence-corrected chi connectivity index (χ3v) is 19.5. The highest BCUT2D eigenvalue weighted by atomic mass is 16.6. The van der Waals surface area contributed by atoms with Crippen LogP contribution in [-0.2, 0) is 104 Å². The molecular formula is C79H108N18O27. The van der Waals surface area contributed by atoms with Gasteiger partial charge in [0.25, 0.3) is 5.69 Å². The Kier molecular flexibility index (Phi) is 41.7. The molecule has 676 valence electrons. The number of primary amides is 1. The fraction of sp³-hybridized carbons (Fsp3) is 0.506. The number of unbranched alkanes of at least 4 members (excludes halogenated alkanes) is 6. The van der Waals surface area contributed by atoms with Crippen molar-refractivity contribution in [1.82, 2.24) is 79.4 Å². The number of carbonyl (C=O) groups excluding carboxylic acids is 16. The van der Waals surface area contributed by atoms with E-state index in [1.54, 1.807) is 36.5 Å². The zero-order valence-corrected chi connectivity index (χ0v) is 68.6. The summed E-state index contributed by atoms with van der Waals surface area (Å²) in [5, 5.41) is 94.5. The van der Waals surface area contributed by atoms with E-state index >= 15 is 0 Å². The van der Waals surface area contributed by atoms with Gasteiger partial charge >= 0.3 is 23.9 Å². The van der Waals surface area contributed by atoms with Crippen LogP contribution in [0.5, 0.6) is 0 Å². The molecule has 0 saturated carbocycles. The number of esters is 1. The number of rotatable bonds is 39. The van der Waals surface area contributed by atoms with Crippen molar-refractivity contribution in [1.29, 1.82) is 0 Å². The highest BCUT2D eigenvalue weighted by molar-refractivity contribution is 6.05. The number of fused-ring (bicyclic) bond motifs is 1. The molecule has 4 aromatic rings. The maximum absolute atomic E-state index is 15.0. The Labute approximate surface area is 709 Å². The second kappa shape index (κ2) is 51.2. The predicted molar refractivity (Wildman–Crippen MR) is 435 cm³/mol. The molecule has 1 aliphatic rings. The molecule has 0 radical (unpaired) electrons. The number of nitro groups is 1. The number of aliphatic carboxylic acids is 3. The Morgan fingerprint density at radius 2 is 1.19 bits per heavy atom. The summed E-state index contributed by atoms with van der Waals surface area (Å²) >= 11 is 0. The molecule has 0 spiro atoms. The molecule has 1 fully saturated rings. The lowest BCUT2D eigenvalue weighted by molar-refractivity contribution is -0.384. The number of hydrogen-bond donors (Lipinski definition) is 22. The number of aliphatic hydroxyl groups excluding tert-OH is 2. The van der Waals surface area contributed by atoms with Crippen molar-refractivity contribution in [2.75, 3.05) is 38.6 Å². The van der Waals surface area contributed by atoms with Crippen LogP contribution in [-0.4, -0.2) is 253 Å². The first kappa shape index (κ1) is 101. The molecule has 0 unspecified atom stereocenters. The number of carboxylic acid groups (broad SMARTS) is 3. The number of hydrogen-bond acceptors (Lipinski definition) is 26. The van der Waals surface area contributed by atoms with Gasteiger partial charge in [0.2, 0.25) is 82.7 Å². The summed E-state index contributed by atoms with van der Waals surface area (Å²) in [4.78, 5) is 277. The summed E-state index contributed by atoms with van der Waals surface area (Å²) < 4.78 is 5.77. The van der Waals surface area contributed by atoms with Gasteiger partial charge in [0.05, 0.1) is 50.3 Å². The van der Waals surface area contributed by atoms with Gasteiger partial charge in [0.15, 0.2) is 5.78 Å². The zero-order chi connectivity index (χ0) is 91.9. The third kappa shape index (κ3) is 34.1. The number of aromatic nitrogens is 1. The van der Waals surface area contributed by atoms with Crippen LogP contribution in [0.25, 0.3) is 10.9 Å². The minimum Gasteiger partial charge on any atom is -0.481 e. The van der Waals surface area contributed by atoms with Crippen LogP contribution in [0.15, 0.2) is 79.0 Å². The number of carboxylic acids is 3. The van der Waals surface area contributed by atoms with Gasteiger partial charge in [-0.3, -0.25) is 96.4 Å². The van der Waals surface area contributed by atoms with E-state index in [1.807, 2.05) is 16.0 Å². The van der Waals surface area contributed by atoms with E-state index in [9.17, 15) is 127 Å². The lowest BCUT2D eigenvalue weighted by Gasteiger charge is -2.30. The summed E-state index contributed by atoms with van der Waals surface area (Å²) in [6.45, 7) is 0.348. The second-order valence-corrected chi connectivity index (χ2v) is 29.5. The number of nitrogens with one attached hydrogen (secondary N) is 15. The molecule has 24 N–H and O–H groups in total. The van der Waals surface area contributed by atoms with Gasteiger partial charge in [-0.1, -0.05) is 94.8 Å². The Bertz CT molecular complexity index is 4500. The zero-order valence-electron chi connectivity index (χ0n) is 68.6. The molecule has 0 aliphatic carbocycles. The standard InChI is InChI=1S/C79H108N18O27/c1-5-6-7-8-9-10-11-25-61(102)88-53(31-45-37-83-50-23-15-13-20-47(45)50)74(116)92-54(33-60(81)101)75(117)90-52(26-28-98)72(114)96-68-43(4)124-79(121)57(32-59(100)48-21-12-14-22-49(48)80)94-78(120)67(41(2)29-64(105)106)95-76(118)58(40-99)89-63(104)38-84-70(112)55(34-65(107)108)91-69(111)42(3)86-73(115)56(35-66(109)110)93-71(113)51(87-62(103)39-85-77(68)119)24-17-27-82-36-44-18-16-19-46(30-44)97(122)123/h12-16,18-23,30,37,41-43,51-58,67-68,82-83,98-99H,5-11,17,24-29,31-36,38-40,80H2,1-4H3,(H2,81,101)(H,84,112)(H,85,119)(H,86,115)(H,87,103)(H,88,102)(H,89,104)(H,90,117)(H,91,111)(H,92,116)(H,93,113)(H,94,120)(H,95,118)(H,96,114)(H,105,106)(H,107,108)(H,109,110)/t41-,42-,43-,51+,52+,53+,54+,55+,56+,57+,58-,67+,68+/m1/s1. The number of benzene rings is 3. The summed E-state index contributed by atoms with van der Waals surface area (Å²) in [6, 6.07) is -4.54. The van der Waals surface area contributed by atoms with Gasteiger partial charge in [-0.2, -0.15) is 0 Å². The Morgan fingerprint density at radius 3 is 1.82 bits per heavy atom. The minimum atomic E-state index is -2.37. The number of para-hydroxylation sites is 2. The van der Waals surface area contributed by atoms with Crippen molar-refractivity contribution in [3.63, 3.8) is 0 Å². The summed E-state index contributed by atoms with van der Waals surface area (Å²) in [5.41, 5.74) is 12.7. The number of non-ortho nitro benzene ring substituents is 1. The number of nitrogens with zero attached hydrogens (tertiary/aromatic N) is 1. The Morgan fingerprint density at radius 1 is 0.597 bits per heavy atom. The molecule has 0 bridgehead atoms. The summed E-state index contributed by atoms with van der Waals surface area (Å²) in [7, 11) is 0. The largest absolute Gasteiger partial charge is 0.481 e. The number of cyclic esters (lactones) is 1. The molecule has 1 saturated heterocycles. The number of Topliss-reactive ketones (excluding diaryl/α,β-unsaturated/α-hetero) is 1. The third-order valence-electron chi connectivity index (χ3n) is 19.5. The molecule has 124 heavy (non-hydrogen) atoms. The maximum Gasteiger partial charge on any atom is 0.329 e. The summed E-state index contributed by atoms with van der Waals surface area (Å²) in [6.07, 6.45) is -1.51. The van der Waals surface area contributed by atoms with Crippen LogP contribution in [0.2, 0.25) is 0 Å². The van der Waals surface area contributed by atoms with Crippen molar-refractivity contribution in [2.24, 2.45) is 11.7 Å². The summed E-state index contributed by atoms with van der Waals surface area (Å²) in [5.74, 6) is -27.4. The Balaban J connectivity index is 1.62. The normalized spacial score (nSPS) is 20.5. The number of aliphatic hydroxyl groups is 2. The van der Waals surface area contributed by atoms with Crippen molar-refractivity contribution >= 4 is 135 Å². The van der Waals surface area contributed by atoms with E-state index in [4.69, 9.17) is 16.2 Å². The quantitative estimate of drug-likeness (QED) is 0.00506. The molecule has 1 aliphatic heterocycles. The highest BCUT2D eigenvalue weighted by Crippen LogP contribution is 2.22. The van der Waals surface area contributed by atoms with Crippen LogP contribution in [0.1, 0.15) is 152 Å². The first-order valence-corrected chi connectivity index (χ1v) is 39.9. The number of ketones is 1. The highest BCUT2D eigenvalue weighted by Gasteiger charge is 2.41. The fourth-order valence-corrected chi connectivity index (χ4v) is 12.9. The SMILES string of the molecule is CCCCCCCCCC(=O)N[C@@H](Cc1c[nH]c2ccccc12)C(=O)N[C@@H](CC(N)=O)C(=O)N[C@@H](CCO)C(=O)N[C@@H]1C(=O)NCC(=O)N[C@@H](CCCNCc2cccc([N+](=O)[O-])c2)C(=O)N[C@@H](CC(=O)O)C(=O)N[C@H](C)C(=O)N[C@@H](CC(=O)O)C(=O)NCC(=O)N[C@H](CO)C(=O)N[C@@H]([C@H](C)CC(=O)O)C(=O)N[C@@H](CC(=O)c2ccccc2N)C(=O)O[C@@H]1C. The van der Waals surface area contributed by atoms with Gasteiger partial charge in [0, 0.05) is 72.9 Å². The number of ether oxygens (including phenoxy) is 1. The van der Waals surface area contributed by atoms with Crippen LogP contribution >= 0.6 is 0 Å². The number of H-pyrrole nitrogens is 1. The molecule has 1 aromatic heterocycles. The molecule has 3 aromatic carbocycles. The lowest BCUT2D eigenvalue weighted by Crippen LogP contribution is -2.61. The molecule has 5 rings (SSSR count). The molecule has 45 nitrogen and oxygen atoms in total. The van der Waals surface area contributed by atoms with Crippen LogP contribution < -0.4 is 85.9 Å². The number of anilines is 1. The number of nitrogens with two attached hydrogens (primary N) is 2. The topological polar surface area (TPSA) is 714 Å². The van der Waals surface area contributed by atoms with E-state index in [1.165, 1.54) is 42.5 Å². The second-order valence-electron chi connectivity index (χ2n) is 29.5. The van der Waals surface area contributed by atoms with E-state index in [0.29, 0.717) is 34.9 Å². The van der Waals surface area contributed by atoms with Gasteiger partial charge in [0.1, 0.15) is 72.6 Å². The van der Waals surface area contributed by atoms with E-state index in [-0.39, 0.29) is 49.3 Å². The molecule has 2 heterocycles. The molecule has 14 amide bonds. The van der Waals surface area contributed by atoms with E-state index in [0.717, 1.165) is 52.9 Å².